The lowest BCUT2D eigenvalue weighted by atomic mass is 10.2. The van der Waals surface area contributed by atoms with Gasteiger partial charge in [-0.05, 0) is 60.7 Å². The van der Waals surface area contributed by atoms with Gasteiger partial charge in [0.15, 0.2) is 0 Å². The Morgan fingerprint density at radius 3 is 1.83 bits per heavy atom. The van der Waals surface area contributed by atoms with Gasteiger partial charge in [-0.2, -0.15) is 0 Å². The van der Waals surface area contributed by atoms with E-state index < -0.39 is 0 Å². The number of hydrogen-bond donors (Lipinski definition) is 0. The van der Waals surface area contributed by atoms with Gasteiger partial charge in [0.1, 0.15) is 6.17 Å². The Kier molecular flexibility index (Phi) is 4.03. The molecule has 0 atom stereocenters. The van der Waals surface area contributed by atoms with Crippen LogP contribution in [0.5, 0.6) is 0 Å². The SMILES string of the molecule is Cc1cccc(N2CCN(c3cccc(C)c3)C2c2cccs2)c1. The lowest BCUT2D eigenvalue weighted by Crippen LogP contribution is -2.30. The molecule has 4 rings (SSSR count). The number of hydrogen-bond acceptors (Lipinski definition) is 3. The van der Waals surface area contributed by atoms with Crippen LogP contribution in [0.3, 0.4) is 0 Å². The second-order valence-electron chi connectivity index (χ2n) is 6.45. The first-order chi connectivity index (χ1) is 11.7. The Morgan fingerprint density at radius 1 is 0.792 bits per heavy atom. The van der Waals surface area contributed by atoms with Crippen LogP contribution < -0.4 is 9.80 Å². The zero-order valence-electron chi connectivity index (χ0n) is 14.1. The van der Waals surface area contributed by atoms with Crippen molar-refractivity contribution in [2.24, 2.45) is 0 Å². The molecule has 2 nitrogen and oxygen atoms in total. The highest BCUT2D eigenvalue weighted by molar-refractivity contribution is 7.10. The topological polar surface area (TPSA) is 6.48 Å². The monoisotopic (exact) mass is 334 g/mol. The van der Waals surface area contributed by atoms with E-state index >= 15 is 0 Å². The number of nitrogens with zero attached hydrogens (tertiary/aromatic N) is 2. The minimum atomic E-state index is 0.272. The van der Waals surface area contributed by atoms with Crippen LogP contribution in [0.15, 0.2) is 66.0 Å². The Labute approximate surface area is 148 Å². The van der Waals surface area contributed by atoms with E-state index in [1.165, 1.54) is 27.4 Å². The quantitative estimate of drug-likeness (QED) is 0.633. The van der Waals surface area contributed by atoms with Crippen LogP contribution in [-0.4, -0.2) is 13.1 Å². The van der Waals surface area contributed by atoms with E-state index in [1.54, 1.807) is 0 Å². The van der Waals surface area contributed by atoms with E-state index in [0.717, 1.165) is 13.1 Å². The molecule has 2 heterocycles. The highest BCUT2D eigenvalue weighted by Crippen LogP contribution is 2.39. The number of thiophene rings is 1. The first-order valence-electron chi connectivity index (χ1n) is 8.42. The second kappa shape index (κ2) is 6.33. The van der Waals surface area contributed by atoms with E-state index in [1.807, 2.05) is 11.3 Å². The van der Waals surface area contributed by atoms with Crippen LogP contribution in [0.4, 0.5) is 11.4 Å². The number of anilines is 2. The molecule has 0 bridgehead atoms. The average Bonchev–Trinajstić information content (AvgIpc) is 3.24. The smallest absolute Gasteiger partial charge is 0.138 e. The van der Waals surface area contributed by atoms with Gasteiger partial charge in [0.25, 0.3) is 0 Å². The van der Waals surface area contributed by atoms with Crippen LogP contribution in [-0.2, 0) is 0 Å². The Bertz CT molecular complexity index is 772. The van der Waals surface area contributed by atoms with Gasteiger partial charge >= 0.3 is 0 Å². The summed E-state index contributed by atoms with van der Waals surface area (Å²) in [4.78, 5) is 6.46. The number of aryl methyl sites for hydroxylation is 2. The van der Waals surface area contributed by atoms with Gasteiger partial charge < -0.3 is 9.80 Å². The third-order valence-electron chi connectivity index (χ3n) is 4.64. The van der Waals surface area contributed by atoms with Gasteiger partial charge in [0.05, 0.1) is 0 Å². The van der Waals surface area contributed by atoms with Crippen molar-refractivity contribution in [1.29, 1.82) is 0 Å². The van der Waals surface area contributed by atoms with Gasteiger partial charge in [0.2, 0.25) is 0 Å². The molecule has 1 aliphatic heterocycles. The van der Waals surface area contributed by atoms with Gasteiger partial charge in [-0.25, -0.2) is 0 Å². The standard InChI is InChI=1S/C21H22N2S/c1-16-6-3-8-18(14-16)22-11-12-23(19-9-4-7-17(2)15-19)21(22)20-10-5-13-24-20/h3-10,13-15,21H,11-12H2,1-2H3. The molecule has 3 heteroatoms. The van der Waals surface area contributed by atoms with Crippen molar-refractivity contribution in [3.05, 3.63) is 82.0 Å². The van der Waals surface area contributed by atoms with Crippen LogP contribution in [0, 0.1) is 13.8 Å². The van der Waals surface area contributed by atoms with Gasteiger partial charge in [-0.1, -0.05) is 30.3 Å². The van der Waals surface area contributed by atoms with E-state index in [2.05, 4.69) is 89.7 Å². The summed E-state index contributed by atoms with van der Waals surface area (Å²) in [6.07, 6.45) is 0.272. The lowest BCUT2D eigenvalue weighted by Gasteiger charge is -2.32. The van der Waals surface area contributed by atoms with Gasteiger partial charge in [0, 0.05) is 29.3 Å². The van der Waals surface area contributed by atoms with Gasteiger partial charge in [-0.3, -0.25) is 0 Å². The molecular weight excluding hydrogens is 312 g/mol. The largest absolute Gasteiger partial charge is 0.345 e. The van der Waals surface area contributed by atoms with Crippen molar-refractivity contribution >= 4 is 22.7 Å². The molecule has 0 saturated carbocycles. The highest BCUT2D eigenvalue weighted by Gasteiger charge is 2.34. The summed E-state index contributed by atoms with van der Waals surface area (Å²) < 4.78 is 0. The predicted molar refractivity (Wildman–Crippen MR) is 104 cm³/mol. The Hall–Kier alpha value is -2.26. The molecule has 122 valence electrons. The second-order valence-corrected chi connectivity index (χ2v) is 7.43. The van der Waals surface area contributed by atoms with E-state index in [9.17, 15) is 0 Å². The summed E-state index contributed by atoms with van der Waals surface area (Å²) in [7, 11) is 0. The molecule has 1 aliphatic rings. The van der Waals surface area contributed by atoms with Crippen LogP contribution >= 0.6 is 11.3 Å². The fourth-order valence-electron chi connectivity index (χ4n) is 3.53. The van der Waals surface area contributed by atoms with Crippen molar-refractivity contribution in [2.75, 3.05) is 22.9 Å². The predicted octanol–water partition coefficient (Wildman–Crippen LogP) is 5.39. The molecule has 0 spiro atoms. The average molecular weight is 334 g/mol. The third-order valence-corrected chi connectivity index (χ3v) is 5.55. The Balaban J connectivity index is 1.76. The summed E-state index contributed by atoms with van der Waals surface area (Å²) in [5.41, 5.74) is 5.24. The van der Waals surface area contributed by atoms with Gasteiger partial charge in [-0.15, -0.1) is 11.3 Å². The van der Waals surface area contributed by atoms with Crippen LogP contribution in [0.1, 0.15) is 22.2 Å². The van der Waals surface area contributed by atoms with E-state index in [4.69, 9.17) is 0 Å². The number of rotatable bonds is 3. The van der Waals surface area contributed by atoms with Crippen molar-refractivity contribution in [2.45, 2.75) is 20.0 Å². The zero-order valence-corrected chi connectivity index (χ0v) is 15.0. The minimum absolute atomic E-state index is 0.272. The van der Waals surface area contributed by atoms with Crippen LogP contribution in [0.2, 0.25) is 0 Å². The summed E-state index contributed by atoms with van der Waals surface area (Å²) >= 11 is 1.84. The first kappa shape index (κ1) is 15.3. The maximum absolute atomic E-state index is 2.53. The van der Waals surface area contributed by atoms with Crippen molar-refractivity contribution in [3.63, 3.8) is 0 Å². The Morgan fingerprint density at radius 2 is 1.38 bits per heavy atom. The molecule has 3 aromatic rings. The molecule has 1 fully saturated rings. The normalized spacial score (nSPS) is 15.2. The van der Waals surface area contributed by atoms with E-state index in [-0.39, 0.29) is 6.17 Å². The summed E-state index contributed by atoms with van der Waals surface area (Å²) in [6.45, 7) is 6.41. The first-order valence-corrected chi connectivity index (χ1v) is 9.30. The zero-order chi connectivity index (χ0) is 16.5. The molecule has 0 N–H and O–H groups in total. The molecule has 1 aromatic heterocycles. The van der Waals surface area contributed by atoms with E-state index in [0.29, 0.717) is 0 Å². The maximum Gasteiger partial charge on any atom is 0.138 e. The summed E-state index contributed by atoms with van der Waals surface area (Å²) in [6, 6.07) is 22.1. The molecule has 24 heavy (non-hydrogen) atoms. The molecule has 0 radical (unpaired) electrons. The minimum Gasteiger partial charge on any atom is -0.345 e. The highest BCUT2D eigenvalue weighted by atomic mass is 32.1. The number of benzene rings is 2. The fourth-order valence-corrected chi connectivity index (χ4v) is 4.38. The third kappa shape index (κ3) is 2.80. The molecule has 0 amide bonds. The van der Waals surface area contributed by atoms with Crippen molar-refractivity contribution in [1.82, 2.24) is 0 Å². The summed E-state index contributed by atoms with van der Waals surface area (Å²) in [5.74, 6) is 0. The fraction of sp³-hybridized carbons (Fsp3) is 0.238. The lowest BCUT2D eigenvalue weighted by molar-refractivity contribution is 0.731. The van der Waals surface area contributed by atoms with Crippen molar-refractivity contribution < 1.29 is 0 Å². The molecule has 0 unspecified atom stereocenters. The molecule has 0 aliphatic carbocycles. The summed E-state index contributed by atoms with van der Waals surface area (Å²) in [5, 5.41) is 2.18. The molecular formula is C21H22N2S. The van der Waals surface area contributed by atoms with Crippen LogP contribution in [0.25, 0.3) is 0 Å². The maximum atomic E-state index is 2.53. The molecule has 2 aromatic carbocycles. The molecule has 1 saturated heterocycles. The van der Waals surface area contributed by atoms with Crippen molar-refractivity contribution in [3.8, 4) is 0 Å².